The average Bonchev–Trinajstić information content (AvgIpc) is 3.28. The normalized spacial score (nSPS) is 15.6. The van der Waals surface area contributed by atoms with Gasteiger partial charge in [-0.2, -0.15) is 4.98 Å². The van der Waals surface area contributed by atoms with Crippen molar-refractivity contribution in [3.63, 3.8) is 0 Å². The van der Waals surface area contributed by atoms with Gasteiger partial charge in [0.25, 0.3) is 0 Å². The molecule has 0 saturated carbocycles. The Kier molecular flexibility index (Phi) is 5.21. The molecule has 1 aromatic carbocycles. The summed E-state index contributed by atoms with van der Waals surface area (Å²) in [6.45, 7) is 3.65. The van der Waals surface area contributed by atoms with Gasteiger partial charge in [-0.25, -0.2) is 9.78 Å². The van der Waals surface area contributed by atoms with Crippen LogP contribution >= 0.6 is 0 Å². The highest BCUT2D eigenvalue weighted by Crippen LogP contribution is 2.39. The van der Waals surface area contributed by atoms with Crippen LogP contribution in [0, 0.1) is 0 Å². The van der Waals surface area contributed by atoms with Gasteiger partial charge in [-0.05, 0) is 30.7 Å². The summed E-state index contributed by atoms with van der Waals surface area (Å²) in [7, 11) is 1.38. The monoisotopic (exact) mass is 417 g/mol. The molecule has 0 unspecified atom stereocenters. The van der Waals surface area contributed by atoms with Crippen molar-refractivity contribution in [2.75, 3.05) is 49.8 Å². The van der Waals surface area contributed by atoms with E-state index in [-0.39, 0.29) is 5.97 Å². The van der Waals surface area contributed by atoms with E-state index in [9.17, 15) is 4.79 Å². The number of hydrogen-bond acceptors (Lipinski definition) is 8. The summed E-state index contributed by atoms with van der Waals surface area (Å²) in [5, 5.41) is 0. The summed E-state index contributed by atoms with van der Waals surface area (Å²) < 4.78 is 10.3. The summed E-state index contributed by atoms with van der Waals surface area (Å²) in [5.74, 6) is 1.26. The van der Waals surface area contributed by atoms with Crippen LogP contribution in [0.1, 0.15) is 15.9 Å². The first-order chi connectivity index (χ1) is 15.2. The van der Waals surface area contributed by atoms with Crippen LogP contribution in [0.2, 0.25) is 0 Å². The second-order valence-corrected chi connectivity index (χ2v) is 7.46. The summed E-state index contributed by atoms with van der Waals surface area (Å²) in [6.07, 6.45) is 4.46. The van der Waals surface area contributed by atoms with Gasteiger partial charge in [0, 0.05) is 37.0 Å². The number of ether oxygens (including phenoxy) is 2. The molecule has 31 heavy (non-hydrogen) atoms. The van der Waals surface area contributed by atoms with Crippen LogP contribution < -0.4 is 9.80 Å². The Hall–Kier alpha value is -3.52. The molecular weight excluding hydrogens is 394 g/mol. The molecular formula is C23H23N5O3. The van der Waals surface area contributed by atoms with E-state index in [0.29, 0.717) is 24.7 Å². The van der Waals surface area contributed by atoms with Gasteiger partial charge >= 0.3 is 5.97 Å². The Morgan fingerprint density at radius 3 is 2.58 bits per heavy atom. The standard InChI is InChI=1S/C23H23N5O3/c1-30-22(29)17-6-4-16(5-7-17)20-19-8-10-28(18-3-2-9-24-15-18)21(19)26-23(25-20)27-11-13-31-14-12-27/h2-7,9,15H,8,10-14H2,1H3. The lowest BCUT2D eigenvalue weighted by Gasteiger charge is -2.28. The smallest absolute Gasteiger partial charge is 0.337 e. The molecule has 0 N–H and O–H groups in total. The third-order valence-corrected chi connectivity index (χ3v) is 5.65. The van der Waals surface area contributed by atoms with Crippen molar-refractivity contribution < 1.29 is 14.3 Å². The SMILES string of the molecule is COC(=O)c1ccc(-c2nc(N3CCOCC3)nc3c2CCN3c2cccnc2)cc1. The number of rotatable bonds is 4. The zero-order valence-corrected chi connectivity index (χ0v) is 17.3. The third-order valence-electron chi connectivity index (χ3n) is 5.65. The minimum Gasteiger partial charge on any atom is -0.465 e. The molecule has 0 amide bonds. The minimum atomic E-state index is -0.351. The minimum absolute atomic E-state index is 0.351. The highest BCUT2D eigenvalue weighted by Gasteiger charge is 2.29. The molecule has 0 spiro atoms. The second kappa shape index (κ2) is 8.31. The van der Waals surface area contributed by atoms with Crippen LogP contribution in [0.15, 0.2) is 48.8 Å². The fraction of sp³-hybridized carbons (Fsp3) is 0.304. The van der Waals surface area contributed by atoms with Crippen LogP contribution in [-0.2, 0) is 15.9 Å². The molecule has 1 fully saturated rings. The van der Waals surface area contributed by atoms with Gasteiger partial charge in [-0.3, -0.25) is 4.98 Å². The summed E-state index contributed by atoms with van der Waals surface area (Å²) in [5.41, 5.74) is 4.48. The molecule has 158 valence electrons. The molecule has 4 heterocycles. The van der Waals surface area contributed by atoms with Crippen molar-refractivity contribution >= 4 is 23.4 Å². The molecule has 8 heteroatoms. The lowest BCUT2D eigenvalue weighted by Crippen LogP contribution is -2.37. The number of anilines is 3. The highest BCUT2D eigenvalue weighted by atomic mass is 16.5. The molecule has 0 bridgehead atoms. The number of benzene rings is 1. The molecule has 2 aromatic heterocycles. The van der Waals surface area contributed by atoms with Gasteiger partial charge in [0.1, 0.15) is 5.82 Å². The molecule has 2 aliphatic rings. The van der Waals surface area contributed by atoms with E-state index in [1.807, 2.05) is 30.5 Å². The van der Waals surface area contributed by atoms with E-state index in [1.165, 1.54) is 7.11 Å². The van der Waals surface area contributed by atoms with E-state index in [1.54, 1.807) is 18.3 Å². The zero-order chi connectivity index (χ0) is 21.2. The highest BCUT2D eigenvalue weighted by molar-refractivity contribution is 5.90. The molecule has 8 nitrogen and oxygen atoms in total. The number of hydrogen-bond donors (Lipinski definition) is 0. The molecule has 1 saturated heterocycles. The number of carbonyl (C=O) groups excluding carboxylic acids is 1. The van der Waals surface area contributed by atoms with Gasteiger partial charge in [-0.15, -0.1) is 0 Å². The fourth-order valence-corrected chi connectivity index (χ4v) is 4.03. The van der Waals surface area contributed by atoms with Crippen molar-refractivity contribution in [2.24, 2.45) is 0 Å². The first-order valence-electron chi connectivity index (χ1n) is 10.3. The second-order valence-electron chi connectivity index (χ2n) is 7.46. The van der Waals surface area contributed by atoms with Crippen molar-refractivity contribution in [3.05, 3.63) is 59.9 Å². The van der Waals surface area contributed by atoms with Crippen LogP contribution in [-0.4, -0.2) is 60.9 Å². The maximum absolute atomic E-state index is 11.8. The first-order valence-corrected chi connectivity index (χ1v) is 10.3. The fourth-order valence-electron chi connectivity index (χ4n) is 4.03. The van der Waals surface area contributed by atoms with Crippen molar-refractivity contribution in [1.29, 1.82) is 0 Å². The van der Waals surface area contributed by atoms with Crippen LogP contribution in [0.5, 0.6) is 0 Å². The molecule has 0 atom stereocenters. The van der Waals surface area contributed by atoms with Crippen LogP contribution in [0.25, 0.3) is 11.3 Å². The Morgan fingerprint density at radius 1 is 1.06 bits per heavy atom. The maximum Gasteiger partial charge on any atom is 0.337 e. The van der Waals surface area contributed by atoms with E-state index < -0.39 is 0 Å². The molecule has 5 rings (SSSR count). The van der Waals surface area contributed by atoms with E-state index >= 15 is 0 Å². The summed E-state index contributed by atoms with van der Waals surface area (Å²) in [4.78, 5) is 30.4. The lowest BCUT2D eigenvalue weighted by molar-refractivity contribution is 0.0600. The quantitative estimate of drug-likeness (QED) is 0.600. The Labute approximate surface area is 180 Å². The number of methoxy groups -OCH3 is 1. The number of morpholine rings is 1. The molecule has 2 aliphatic heterocycles. The number of esters is 1. The summed E-state index contributed by atoms with van der Waals surface area (Å²) >= 11 is 0. The Balaban J connectivity index is 1.60. The number of fused-ring (bicyclic) bond motifs is 1. The van der Waals surface area contributed by atoms with Crippen molar-refractivity contribution in [2.45, 2.75) is 6.42 Å². The van der Waals surface area contributed by atoms with Gasteiger partial charge in [0.05, 0.1) is 43.5 Å². The summed E-state index contributed by atoms with van der Waals surface area (Å²) in [6, 6.07) is 11.4. The predicted molar refractivity (Wildman–Crippen MR) is 117 cm³/mol. The lowest BCUT2D eigenvalue weighted by atomic mass is 10.0. The maximum atomic E-state index is 11.8. The number of pyridine rings is 1. The van der Waals surface area contributed by atoms with Gasteiger partial charge < -0.3 is 19.3 Å². The third kappa shape index (κ3) is 3.70. The average molecular weight is 417 g/mol. The van der Waals surface area contributed by atoms with Gasteiger partial charge in [-0.1, -0.05) is 12.1 Å². The predicted octanol–water partition coefficient (Wildman–Crippen LogP) is 2.86. The largest absolute Gasteiger partial charge is 0.465 e. The van der Waals surface area contributed by atoms with Crippen LogP contribution in [0.4, 0.5) is 17.5 Å². The topological polar surface area (TPSA) is 80.7 Å². The van der Waals surface area contributed by atoms with Gasteiger partial charge in [0.15, 0.2) is 0 Å². The van der Waals surface area contributed by atoms with Crippen molar-refractivity contribution in [1.82, 2.24) is 15.0 Å². The van der Waals surface area contributed by atoms with Gasteiger partial charge in [0.2, 0.25) is 5.95 Å². The zero-order valence-electron chi connectivity index (χ0n) is 17.3. The van der Waals surface area contributed by atoms with E-state index in [2.05, 4.69) is 14.8 Å². The Morgan fingerprint density at radius 2 is 1.87 bits per heavy atom. The Bertz CT molecular complexity index is 1080. The molecule has 0 aliphatic carbocycles. The molecule has 0 radical (unpaired) electrons. The van der Waals surface area contributed by atoms with E-state index in [4.69, 9.17) is 19.4 Å². The molecule has 3 aromatic rings. The number of aromatic nitrogens is 3. The number of carbonyl (C=O) groups is 1. The van der Waals surface area contributed by atoms with Crippen LogP contribution in [0.3, 0.4) is 0 Å². The van der Waals surface area contributed by atoms with E-state index in [0.717, 1.165) is 54.4 Å². The number of nitrogens with zero attached hydrogens (tertiary/aromatic N) is 5. The first kappa shape index (κ1) is 19.4. The van der Waals surface area contributed by atoms with Crippen molar-refractivity contribution in [3.8, 4) is 11.3 Å².